The average Bonchev–Trinajstić information content (AvgIpc) is 3.10. The summed E-state index contributed by atoms with van der Waals surface area (Å²) in [5.74, 6) is -1.80. The van der Waals surface area contributed by atoms with E-state index in [9.17, 15) is 22.0 Å². The normalized spacial score (nSPS) is 11.9. The SMILES string of the molecule is Nc1c(-c2ccc3[nH]ccc3c2)cc(F)cc1-c1ccc(C(F)(F)F)cc1F. The molecule has 142 valence electrons. The Bertz CT molecular complexity index is 1190. The summed E-state index contributed by atoms with van der Waals surface area (Å²) in [6.07, 6.45) is -2.92. The van der Waals surface area contributed by atoms with Gasteiger partial charge in [-0.25, -0.2) is 8.78 Å². The highest BCUT2D eigenvalue weighted by atomic mass is 19.4. The van der Waals surface area contributed by atoms with Crippen LogP contribution in [0.1, 0.15) is 5.56 Å². The maximum Gasteiger partial charge on any atom is 0.416 e. The first kappa shape index (κ1) is 18.0. The van der Waals surface area contributed by atoms with Crippen LogP contribution in [0.5, 0.6) is 0 Å². The van der Waals surface area contributed by atoms with Gasteiger partial charge in [-0.15, -0.1) is 0 Å². The molecule has 28 heavy (non-hydrogen) atoms. The Morgan fingerprint density at radius 2 is 1.54 bits per heavy atom. The van der Waals surface area contributed by atoms with Gasteiger partial charge in [-0.2, -0.15) is 13.2 Å². The predicted molar refractivity (Wildman–Crippen MR) is 98.5 cm³/mol. The minimum atomic E-state index is -4.68. The highest BCUT2D eigenvalue weighted by molar-refractivity contribution is 5.92. The summed E-state index contributed by atoms with van der Waals surface area (Å²) < 4.78 is 67.0. The van der Waals surface area contributed by atoms with Crippen LogP contribution >= 0.6 is 0 Å². The molecule has 2 nitrogen and oxygen atoms in total. The Morgan fingerprint density at radius 1 is 0.786 bits per heavy atom. The Morgan fingerprint density at radius 3 is 2.25 bits per heavy atom. The Labute approximate surface area is 156 Å². The van der Waals surface area contributed by atoms with Crippen molar-refractivity contribution in [2.24, 2.45) is 0 Å². The molecule has 0 saturated heterocycles. The number of hydrogen-bond donors (Lipinski definition) is 2. The molecule has 0 atom stereocenters. The Kier molecular flexibility index (Phi) is 4.10. The van der Waals surface area contributed by atoms with Crippen LogP contribution in [0.2, 0.25) is 0 Å². The van der Waals surface area contributed by atoms with E-state index in [1.54, 1.807) is 24.4 Å². The molecule has 3 N–H and O–H groups in total. The first-order chi connectivity index (χ1) is 13.2. The first-order valence-corrected chi connectivity index (χ1v) is 8.28. The van der Waals surface area contributed by atoms with Crippen molar-refractivity contribution in [1.82, 2.24) is 4.98 Å². The van der Waals surface area contributed by atoms with Crippen molar-refractivity contribution in [2.75, 3.05) is 5.73 Å². The lowest BCUT2D eigenvalue weighted by Gasteiger charge is -2.14. The second kappa shape index (κ2) is 6.37. The summed E-state index contributed by atoms with van der Waals surface area (Å²) in [5, 5.41) is 0.878. The van der Waals surface area contributed by atoms with E-state index >= 15 is 0 Å². The summed E-state index contributed by atoms with van der Waals surface area (Å²) in [6, 6.07) is 11.5. The number of nitrogens with two attached hydrogens (primary N) is 1. The van der Waals surface area contributed by atoms with Crippen molar-refractivity contribution in [3.8, 4) is 22.3 Å². The van der Waals surface area contributed by atoms with Gasteiger partial charge in [-0.1, -0.05) is 12.1 Å². The van der Waals surface area contributed by atoms with Crippen molar-refractivity contribution < 1.29 is 22.0 Å². The first-order valence-electron chi connectivity index (χ1n) is 8.28. The van der Waals surface area contributed by atoms with Crippen molar-refractivity contribution in [2.45, 2.75) is 6.18 Å². The lowest BCUT2D eigenvalue weighted by molar-refractivity contribution is -0.137. The molecule has 0 aliphatic rings. The molecule has 0 spiro atoms. The molecule has 1 heterocycles. The fourth-order valence-corrected chi connectivity index (χ4v) is 3.21. The number of hydrogen-bond acceptors (Lipinski definition) is 1. The van der Waals surface area contributed by atoms with E-state index in [1.807, 2.05) is 6.07 Å². The summed E-state index contributed by atoms with van der Waals surface area (Å²) >= 11 is 0. The third kappa shape index (κ3) is 3.09. The number of aromatic amines is 1. The molecule has 4 rings (SSSR count). The largest absolute Gasteiger partial charge is 0.416 e. The van der Waals surface area contributed by atoms with Gasteiger partial charge in [-0.05, 0) is 53.4 Å². The monoisotopic (exact) mass is 388 g/mol. The van der Waals surface area contributed by atoms with Gasteiger partial charge in [0.1, 0.15) is 11.6 Å². The van der Waals surface area contributed by atoms with Gasteiger partial charge in [-0.3, -0.25) is 0 Å². The van der Waals surface area contributed by atoms with Crippen molar-refractivity contribution >= 4 is 16.6 Å². The van der Waals surface area contributed by atoms with Crippen LogP contribution in [0, 0.1) is 11.6 Å². The van der Waals surface area contributed by atoms with Gasteiger partial charge >= 0.3 is 6.18 Å². The van der Waals surface area contributed by atoms with E-state index in [1.165, 1.54) is 6.07 Å². The van der Waals surface area contributed by atoms with Gasteiger partial charge in [0.05, 0.1) is 5.56 Å². The summed E-state index contributed by atoms with van der Waals surface area (Å²) in [7, 11) is 0. The van der Waals surface area contributed by atoms with Crippen LogP contribution in [0.4, 0.5) is 27.6 Å². The second-order valence-corrected chi connectivity index (χ2v) is 6.39. The standard InChI is InChI=1S/C21H13F5N2/c22-14-9-16(11-1-4-19-12(7-11)5-6-28-19)20(27)17(10-14)15-3-2-13(8-18(15)23)21(24,25)26/h1-10,28H,27H2. The molecule has 0 amide bonds. The van der Waals surface area contributed by atoms with Crippen LogP contribution in [0.3, 0.4) is 0 Å². The Balaban J connectivity index is 1.87. The van der Waals surface area contributed by atoms with Gasteiger partial charge in [0.15, 0.2) is 0 Å². The van der Waals surface area contributed by atoms with Crippen LogP contribution in [0.25, 0.3) is 33.2 Å². The molecular formula is C21H13F5N2. The number of rotatable bonds is 2. The van der Waals surface area contributed by atoms with Crippen molar-refractivity contribution in [1.29, 1.82) is 0 Å². The fourth-order valence-electron chi connectivity index (χ4n) is 3.21. The highest BCUT2D eigenvalue weighted by Crippen LogP contribution is 2.39. The maximum absolute atomic E-state index is 14.4. The minimum absolute atomic E-state index is 0.00427. The second-order valence-electron chi connectivity index (χ2n) is 6.39. The molecule has 0 unspecified atom stereocenters. The maximum atomic E-state index is 14.4. The number of aromatic nitrogens is 1. The molecular weight excluding hydrogens is 375 g/mol. The topological polar surface area (TPSA) is 41.8 Å². The summed E-state index contributed by atoms with van der Waals surface area (Å²) in [4.78, 5) is 3.04. The third-order valence-electron chi connectivity index (χ3n) is 4.60. The smallest absolute Gasteiger partial charge is 0.398 e. The number of halogens is 5. The molecule has 0 aliphatic heterocycles. The quantitative estimate of drug-likeness (QED) is 0.304. The number of anilines is 1. The van der Waals surface area contributed by atoms with E-state index < -0.39 is 23.4 Å². The molecule has 4 aromatic rings. The average molecular weight is 388 g/mol. The van der Waals surface area contributed by atoms with Crippen LogP contribution in [-0.2, 0) is 6.18 Å². The van der Waals surface area contributed by atoms with E-state index in [2.05, 4.69) is 4.98 Å². The van der Waals surface area contributed by atoms with Gasteiger partial charge in [0.25, 0.3) is 0 Å². The third-order valence-corrected chi connectivity index (χ3v) is 4.60. The van der Waals surface area contributed by atoms with Crippen LogP contribution in [0.15, 0.2) is 60.8 Å². The molecule has 0 bridgehead atoms. The van der Waals surface area contributed by atoms with E-state index in [4.69, 9.17) is 5.73 Å². The highest BCUT2D eigenvalue weighted by Gasteiger charge is 2.31. The minimum Gasteiger partial charge on any atom is -0.398 e. The number of H-pyrrole nitrogens is 1. The lowest BCUT2D eigenvalue weighted by atomic mass is 9.94. The number of benzene rings is 3. The number of nitrogens with one attached hydrogen (secondary N) is 1. The summed E-state index contributed by atoms with van der Waals surface area (Å²) in [6.45, 7) is 0. The number of fused-ring (bicyclic) bond motifs is 1. The van der Waals surface area contributed by atoms with Crippen molar-refractivity contribution in [3.05, 3.63) is 78.0 Å². The van der Waals surface area contributed by atoms with Gasteiger partial charge in [0, 0.05) is 34.1 Å². The van der Waals surface area contributed by atoms with E-state index in [-0.39, 0.29) is 16.8 Å². The number of alkyl halides is 3. The molecule has 0 aliphatic carbocycles. The van der Waals surface area contributed by atoms with E-state index in [0.29, 0.717) is 17.2 Å². The van der Waals surface area contributed by atoms with Crippen LogP contribution < -0.4 is 5.73 Å². The van der Waals surface area contributed by atoms with Crippen LogP contribution in [-0.4, -0.2) is 4.98 Å². The predicted octanol–water partition coefficient (Wildman–Crippen LogP) is 6.38. The molecule has 7 heteroatoms. The fraction of sp³-hybridized carbons (Fsp3) is 0.0476. The molecule has 3 aromatic carbocycles. The zero-order valence-corrected chi connectivity index (χ0v) is 14.2. The van der Waals surface area contributed by atoms with Gasteiger partial charge < -0.3 is 10.7 Å². The summed E-state index contributed by atoms with van der Waals surface area (Å²) in [5.41, 5.74) is 6.74. The zero-order chi connectivity index (χ0) is 20.1. The Hall–Kier alpha value is -3.35. The number of nitrogen functional groups attached to an aromatic ring is 1. The lowest BCUT2D eigenvalue weighted by Crippen LogP contribution is -2.06. The molecule has 1 aromatic heterocycles. The molecule has 0 radical (unpaired) electrons. The molecule has 0 saturated carbocycles. The zero-order valence-electron chi connectivity index (χ0n) is 14.2. The molecule has 0 fully saturated rings. The van der Waals surface area contributed by atoms with Gasteiger partial charge in [0.2, 0.25) is 0 Å². The van der Waals surface area contributed by atoms with Crippen molar-refractivity contribution in [3.63, 3.8) is 0 Å². The van der Waals surface area contributed by atoms with E-state index in [0.717, 1.165) is 29.1 Å².